The Morgan fingerprint density at radius 2 is 2.32 bits per heavy atom. The number of nitrogens with zero attached hydrogens (tertiary/aromatic N) is 3. The number of hydrogen-bond donors (Lipinski definition) is 2. The molecule has 2 rings (SSSR count). The zero-order valence-corrected chi connectivity index (χ0v) is 14.5. The molecule has 0 aliphatic carbocycles. The van der Waals surface area contributed by atoms with Gasteiger partial charge in [-0.25, -0.2) is 9.98 Å². The first-order valence-corrected chi connectivity index (χ1v) is 8.82. The molecule has 1 saturated heterocycles. The van der Waals surface area contributed by atoms with Crippen molar-refractivity contribution in [1.82, 2.24) is 20.5 Å². The standard InChI is InChI=1S/C16H27N5S/c1-4-8-21-9-6-14(7-10-21)20-16(17-5-2)19-12-15-18-11-13(3)22-15/h4,11,14H,1,5-10,12H2,2-3H3,(H2,17,19,20). The fourth-order valence-electron chi connectivity index (χ4n) is 2.58. The van der Waals surface area contributed by atoms with Gasteiger partial charge in [0.25, 0.3) is 0 Å². The van der Waals surface area contributed by atoms with Gasteiger partial charge in [-0.1, -0.05) is 6.08 Å². The van der Waals surface area contributed by atoms with Crippen molar-refractivity contribution in [3.8, 4) is 0 Å². The van der Waals surface area contributed by atoms with E-state index < -0.39 is 0 Å². The van der Waals surface area contributed by atoms with Crippen molar-refractivity contribution in [2.24, 2.45) is 4.99 Å². The molecule has 0 aromatic carbocycles. The van der Waals surface area contributed by atoms with Crippen molar-refractivity contribution < 1.29 is 0 Å². The first-order valence-electron chi connectivity index (χ1n) is 8.00. The minimum absolute atomic E-state index is 0.497. The first-order chi connectivity index (χ1) is 10.7. The molecule has 1 aliphatic rings. The number of nitrogens with one attached hydrogen (secondary N) is 2. The Morgan fingerprint density at radius 3 is 2.91 bits per heavy atom. The number of hydrogen-bond acceptors (Lipinski definition) is 4. The van der Waals surface area contributed by atoms with Crippen LogP contribution in [0.1, 0.15) is 29.7 Å². The Bertz CT molecular complexity index is 488. The summed E-state index contributed by atoms with van der Waals surface area (Å²) >= 11 is 1.71. The summed E-state index contributed by atoms with van der Waals surface area (Å²) < 4.78 is 0. The van der Waals surface area contributed by atoms with Crippen LogP contribution in [0.5, 0.6) is 0 Å². The molecular formula is C16H27N5S. The van der Waals surface area contributed by atoms with E-state index in [1.54, 1.807) is 11.3 Å². The highest BCUT2D eigenvalue weighted by atomic mass is 32.1. The normalized spacial score (nSPS) is 17.5. The number of guanidine groups is 1. The topological polar surface area (TPSA) is 52.5 Å². The van der Waals surface area contributed by atoms with Crippen LogP contribution >= 0.6 is 11.3 Å². The number of aromatic nitrogens is 1. The Morgan fingerprint density at radius 1 is 1.55 bits per heavy atom. The molecule has 1 aromatic heterocycles. The number of rotatable bonds is 6. The van der Waals surface area contributed by atoms with E-state index in [2.05, 4.69) is 45.9 Å². The van der Waals surface area contributed by atoms with Crippen molar-refractivity contribution in [3.05, 3.63) is 28.7 Å². The van der Waals surface area contributed by atoms with Gasteiger partial charge in [-0.15, -0.1) is 17.9 Å². The van der Waals surface area contributed by atoms with E-state index in [1.807, 2.05) is 12.3 Å². The molecule has 1 aromatic rings. The Kier molecular flexibility index (Phi) is 6.86. The fourth-order valence-corrected chi connectivity index (χ4v) is 3.29. The lowest BCUT2D eigenvalue weighted by Gasteiger charge is -2.32. The SMILES string of the molecule is C=CCN1CCC(NC(=NCc2ncc(C)s2)NCC)CC1. The molecule has 2 N–H and O–H groups in total. The molecule has 5 nitrogen and oxygen atoms in total. The molecule has 0 radical (unpaired) electrons. The third kappa shape index (κ3) is 5.42. The summed E-state index contributed by atoms with van der Waals surface area (Å²) in [6.45, 7) is 12.7. The summed E-state index contributed by atoms with van der Waals surface area (Å²) in [4.78, 5) is 12.7. The van der Waals surface area contributed by atoms with Crippen molar-refractivity contribution in [1.29, 1.82) is 0 Å². The Balaban J connectivity index is 1.84. The fraction of sp³-hybridized carbons (Fsp3) is 0.625. The number of aryl methyl sites for hydroxylation is 1. The maximum atomic E-state index is 4.66. The molecule has 2 heterocycles. The Hall–Kier alpha value is -1.40. The highest BCUT2D eigenvalue weighted by Gasteiger charge is 2.19. The van der Waals surface area contributed by atoms with Crippen LogP contribution in [0.15, 0.2) is 23.8 Å². The van der Waals surface area contributed by atoms with Gasteiger partial charge in [0.15, 0.2) is 5.96 Å². The molecule has 22 heavy (non-hydrogen) atoms. The zero-order valence-electron chi connectivity index (χ0n) is 13.6. The van der Waals surface area contributed by atoms with E-state index >= 15 is 0 Å². The van der Waals surface area contributed by atoms with Crippen LogP contribution in [-0.4, -0.2) is 48.1 Å². The average Bonchev–Trinajstić information content (AvgIpc) is 2.93. The largest absolute Gasteiger partial charge is 0.357 e. The lowest BCUT2D eigenvalue weighted by atomic mass is 10.1. The number of piperidine rings is 1. The zero-order chi connectivity index (χ0) is 15.8. The van der Waals surface area contributed by atoms with Crippen molar-refractivity contribution in [2.75, 3.05) is 26.2 Å². The highest BCUT2D eigenvalue weighted by molar-refractivity contribution is 7.11. The van der Waals surface area contributed by atoms with Gasteiger partial charge in [0.1, 0.15) is 5.01 Å². The first kappa shape index (κ1) is 17.0. The van der Waals surface area contributed by atoms with Gasteiger partial charge in [-0.05, 0) is 26.7 Å². The van der Waals surface area contributed by atoms with Gasteiger partial charge in [0.05, 0.1) is 6.54 Å². The van der Waals surface area contributed by atoms with Crippen LogP contribution in [0.4, 0.5) is 0 Å². The van der Waals surface area contributed by atoms with Gasteiger partial charge >= 0.3 is 0 Å². The molecule has 0 unspecified atom stereocenters. The van der Waals surface area contributed by atoms with Crippen LogP contribution in [0.25, 0.3) is 0 Å². The lowest BCUT2D eigenvalue weighted by molar-refractivity contribution is 0.225. The van der Waals surface area contributed by atoms with Crippen LogP contribution in [0.3, 0.4) is 0 Å². The molecule has 0 saturated carbocycles. The maximum absolute atomic E-state index is 4.66. The van der Waals surface area contributed by atoms with Crippen LogP contribution in [0, 0.1) is 6.92 Å². The molecule has 0 bridgehead atoms. The molecule has 1 aliphatic heterocycles. The third-order valence-corrected chi connectivity index (χ3v) is 4.60. The smallest absolute Gasteiger partial charge is 0.191 e. The van der Waals surface area contributed by atoms with Gasteiger partial charge in [0, 0.05) is 43.3 Å². The van der Waals surface area contributed by atoms with E-state index in [1.165, 1.54) is 4.88 Å². The summed E-state index contributed by atoms with van der Waals surface area (Å²) in [6.07, 6.45) is 6.18. The van der Waals surface area contributed by atoms with Gasteiger partial charge in [-0.3, -0.25) is 4.90 Å². The maximum Gasteiger partial charge on any atom is 0.191 e. The van der Waals surface area contributed by atoms with Crippen molar-refractivity contribution in [3.63, 3.8) is 0 Å². The molecule has 122 valence electrons. The van der Waals surface area contributed by atoms with E-state index in [0.29, 0.717) is 12.6 Å². The summed E-state index contributed by atoms with van der Waals surface area (Å²) in [5, 5.41) is 7.95. The molecule has 6 heteroatoms. The Labute approximate surface area is 137 Å². The van der Waals surface area contributed by atoms with E-state index in [-0.39, 0.29) is 0 Å². The summed E-state index contributed by atoms with van der Waals surface area (Å²) in [6, 6.07) is 0.497. The quantitative estimate of drug-likeness (QED) is 0.479. The second-order valence-corrected chi connectivity index (χ2v) is 6.89. The lowest BCUT2D eigenvalue weighted by Crippen LogP contribution is -2.48. The van der Waals surface area contributed by atoms with E-state index in [0.717, 1.165) is 50.0 Å². The summed E-state index contributed by atoms with van der Waals surface area (Å²) in [5.74, 6) is 0.900. The molecule has 0 spiro atoms. The minimum atomic E-state index is 0.497. The molecular weight excluding hydrogens is 294 g/mol. The second kappa shape index (κ2) is 8.90. The molecule has 0 amide bonds. The minimum Gasteiger partial charge on any atom is -0.357 e. The summed E-state index contributed by atoms with van der Waals surface area (Å²) in [5.41, 5.74) is 0. The third-order valence-electron chi connectivity index (χ3n) is 3.70. The van der Waals surface area contributed by atoms with Crippen LogP contribution in [0.2, 0.25) is 0 Å². The predicted octanol–water partition coefficient (Wildman–Crippen LogP) is 2.16. The average molecular weight is 321 g/mol. The number of thiazole rings is 1. The van der Waals surface area contributed by atoms with Crippen LogP contribution in [-0.2, 0) is 6.54 Å². The second-order valence-electron chi connectivity index (χ2n) is 5.57. The van der Waals surface area contributed by atoms with Gasteiger partial charge in [-0.2, -0.15) is 0 Å². The van der Waals surface area contributed by atoms with E-state index in [9.17, 15) is 0 Å². The monoisotopic (exact) mass is 321 g/mol. The highest BCUT2D eigenvalue weighted by Crippen LogP contribution is 2.12. The molecule has 1 fully saturated rings. The van der Waals surface area contributed by atoms with Gasteiger partial charge < -0.3 is 10.6 Å². The van der Waals surface area contributed by atoms with Crippen LogP contribution < -0.4 is 10.6 Å². The van der Waals surface area contributed by atoms with Crippen molar-refractivity contribution >= 4 is 17.3 Å². The van der Waals surface area contributed by atoms with E-state index in [4.69, 9.17) is 0 Å². The summed E-state index contributed by atoms with van der Waals surface area (Å²) in [7, 11) is 0. The predicted molar refractivity (Wildman–Crippen MR) is 94.5 cm³/mol. The molecule has 0 atom stereocenters. The van der Waals surface area contributed by atoms with Crippen molar-refractivity contribution in [2.45, 2.75) is 39.3 Å². The number of likely N-dealkylation sites (tertiary alicyclic amines) is 1. The number of aliphatic imine (C=N–C) groups is 1. The van der Waals surface area contributed by atoms with Gasteiger partial charge in [0.2, 0.25) is 0 Å².